The molecule has 1 N–H and O–H groups in total. The van der Waals surface area contributed by atoms with Gasteiger partial charge in [0, 0.05) is 18.7 Å². The van der Waals surface area contributed by atoms with Gasteiger partial charge in [0.1, 0.15) is 5.82 Å². The highest BCUT2D eigenvalue weighted by Crippen LogP contribution is 2.32. The largest absolute Gasteiger partial charge is 0.419 e. The van der Waals surface area contributed by atoms with Crippen molar-refractivity contribution in [3.63, 3.8) is 0 Å². The molecule has 0 saturated carbocycles. The van der Waals surface area contributed by atoms with Crippen LogP contribution in [0.1, 0.15) is 15.9 Å². The molecule has 0 fully saturated rings. The highest BCUT2D eigenvalue weighted by atomic mass is 19.4. The molecular formula is C13H13F4NO2. The fraction of sp³-hybridized carbons (Fsp3) is 0.308. The van der Waals surface area contributed by atoms with E-state index in [-0.39, 0.29) is 25.3 Å². The van der Waals surface area contributed by atoms with E-state index in [2.05, 4.69) is 6.58 Å². The van der Waals surface area contributed by atoms with E-state index < -0.39 is 23.5 Å². The van der Waals surface area contributed by atoms with Crippen molar-refractivity contribution in [2.24, 2.45) is 0 Å². The predicted molar refractivity (Wildman–Crippen MR) is 64.6 cm³/mol. The molecule has 0 aromatic heterocycles. The van der Waals surface area contributed by atoms with Crippen LogP contribution in [0.5, 0.6) is 0 Å². The second-order valence-electron chi connectivity index (χ2n) is 3.96. The molecule has 0 aliphatic carbocycles. The van der Waals surface area contributed by atoms with Gasteiger partial charge in [-0.25, -0.2) is 4.39 Å². The van der Waals surface area contributed by atoms with E-state index >= 15 is 0 Å². The third-order valence-corrected chi connectivity index (χ3v) is 2.53. The van der Waals surface area contributed by atoms with Crippen LogP contribution in [0.2, 0.25) is 0 Å². The van der Waals surface area contributed by atoms with Gasteiger partial charge in [0.2, 0.25) is 0 Å². The minimum absolute atomic E-state index is 0.0520. The van der Waals surface area contributed by atoms with Gasteiger partial charge in [0.15, 0.2) is 0 Å². The Bertz CT molecular complexity index is 500. The summed E-state index contributed by atoms with van der Waals surface area (Å²) in [4.78, 5) is 13.1. The number of hydrogen-bond donors (Lipinski definition) is 1. The molecule has 20 heavy (non-hydrogen) atoms. The Hall–Kier alpha value is -1.89. The van der Waals surface area contributed by atoms with E-state index in [0.29, 0.717) is 12.1 Å². The summed E-state index contributed by atoms with van der Waals surface area (Å²) >= 11 is 0. The van der Waals surface area contributed by atoms with Gasteiger partial charge in [-0.2, -0.15) is 13.2 Å². The van der Waals surface area contributed by atoms with Crippen LogP contribution in [0.4, 0.5) is 17.6 Å². The first-order chi connectivity index (χ1) is 9.31. The molecule has 0 bridgehead atoms. The molecular weight excluding hydrogens is 278 g/mol. The van der Waals surface area contributed by atoms with E-state index in [4.69, 9.17) is 5.11 Å². The van der Waals surface area contributed by atoms with Crippen molar-refractivity contribution in [2.45, 2.75) is 6.18 Å². The van der Waals surface area contributed by atoms with Gasteiger partial charge in [0.05, 0.1) is 12.2 Å². The number of alkyl halides is 3. The topological polar surface area (TPSA) is 40.5 Å². The first-order valence-electron chi connectivity index (χ1n) is 5.69. The summed E-state index contributed by atoms with van der Waals surface area (Å²) in [5, 5.41) is 8.82. The first kappa shape index (κ1) is 16.2. The van der Waals surface area contributed by atoms with Crippen molar-refractivity contribution >= 4 is 5.91 Å². The number of aliphatic hydroxyl groups is 1. The minimum Gasteiger partial charge on any atom is -0.395 e. The Labute approximate surface area is 113 Å². The minimum atomic E-state index is -4.87. The highest BCUT2D eigenvalue weighted by molar-refractivity contribution is 5.94. The highest BCUT2D eigenvalue weighted by Gasteiger charge is 2.35. The average molecular weight is 291 g/mol. The monoisotopic (exact) mass is 291 g/mol. The first-order valence-corrected chi connectivity index (χ1v) is 5.69. The van der Waals surface area contributed by atoms with E-state index in [9.17, 15) is 22.4 Å². The van der Waals surface area contributed by atoms with E-state index in [1.807, 2.05) is 0 Å². The molecule has 7 heteroatoms. The Morgan fingerprint density at radius 1 is 1.40 bits per heavy atom. The van der Waals surface area contributed by atoms with Crippen LogP contribution >= 0.6 is 0 Å². The summed E-state index contributed by atoms with van der Waals surface area (Å²) in [5.41, 5.74) is -1.79. The quantitative estimate of drug-likeness (QED) is 0.669. The molecule has 0 aliphatic rings. The molecule has 0 aliphatic heterocycles. The summed E-state index contributed by atoms with van der Waals surface area (Å²) in [6, 6.07) is 2.03. The number of aliphatic hydroxyl groups excluding tert-OH is 1. The second-order valence-corrected chi connectivity index (χ2v) is 3.96. The maximum Gasteiger partial charge on any atom is 0.419 e. The zero-order valence-corrected chi connectivity index (χ0v) is 10.5. The van der Waals surface area contributed by atoms with Crippen LogP contribution < -0.4 is 0 Å². The van der Waals surface area contributed by atoms with Gasteiger partial charge in [0.25, 0.3) is 5.91 Å². The van der Waals surface area contributed by atoms with Crippen LogP contribution in [0, 0.1) is 5.82 Å². The summed E-state index contributed by atoms with van der Waals surface area (Å²) < 4.78 is 50.8. The standard InChI is InChI=1S/C13H13F4NO2/c1-2-5-18(6-7-19)12(20)9-3-4-11(14)10(8-9)13(15,16)17/h2-4,8,19H,1,5-7H2. The zero-order chi connectivity index (χ0) is 15.3. The van der Waals surface area contributed by atoms with Crippen molar-refractivity contribution < 1.29 is 27.5 Å². The fourth-order valence-corrected chi connectivity index (χ4v) is 1.61. The molecule has 1 aromatic rings. The van der Waals surface area contributed by atoms with Crippen LogP contribution in [0.15, 0.2) is 30.9 Å². The normalized spacial score (nSPS) is 11.2. The fourth-order valence-electron chi connectivity index (χ4n) is 1.61. The number of benzene rings is 1. The van der Waals surface area contributed by atoms with Gasteiger partial charge in [-0.1, -0.05) is 6.08 Å². The molecule has 0 spiro atoms. The lowest BCUT2D eigenvalue weighted by molar-refractivity contribution is -0.140. The zero-order valence-electron chi connectivity index (χ0n) is 10.5. The maximum atomic E-state index is 13.1. The number of hydrogen-bond acceptors (Lipinski definition) is 2. The van der Waals surface area contributed by atoms with Gasteiger partial charge in [-0.3, -0.25) is 4.79 Å². The number of carbonyl (C=O) groups is 1. The number of nitrogens with zero attached hydrogens (tertiary/aromatic N) is 1. The van der Waals surface area contributed by atoms with Gasteiger partial charge in [-0.15, -0.1) is 6.58 Å². The van der Waals surface area contributed by atoms with Crippen molar-refractivity contribution in [1.29, 1.82) is 0 Å². The van der Waals surface area contributed by atoms with Gasteiger partial charge >= 0.3 is 6.18 Å². The molecule has 110 valence electrons. The van der Waals surface area contributed by atoms with Crippen LogP contribution in [0.25, 0.3) is 0 Å². The number of rotatable bonds is 5. The van der Waals surface area contributed by atoms with Gasteiger partial charge in [-0.05, 0) is 18.2 Å². The lowest BCUT2D eigenvalue weighted by Gasteiger charge is -2.20. The smallest absolute Gasteiger partial charge is 0.395 e. The van der Waals surface area contributed by atoms with E-state index in [1.54, 1.807) is 0 Å². The van der Waals surface area contributed by atoms with Crippen LogP contribution in [-0.2, 0) is 6.18 Å². The van der Waals surface area contributed by atoms with Crippen molar-refractivity contribution in [3.8, 4) is 0 Å². The van der Waals surface area contributed by atoms with Crippen molar-refractivity contribution in [1.82, 2.24) is 4.90 Å². The summed E-state index contributed by atoms with van der Waals surface area (Å²) in [6.07, 6.45) is -3.50. The van der Waals surface area contributed by atoms with Crippen molar-refractivity contribution in [3.05, 3.63) is 47.8 Å². The van der Waals surface area contributed by atoms with Gasteiger partial charge < -0.3 is 10.0 Å². The summed E-state index contributed by atoms with van der Waals surface area (Å²) in [6.45, 7) is 3.09. The van der Waals surface area contributed by atoms with Crippen LogP contribution in [0.3, 0.4) is 0 Å². The summed E-state index contributed by atoms with van der Waals surface area (Å²) in [7, 11) is 0. The molecule has 1 amide bonds. The Kier molecular flexibility index (Phi) is 5.26. The van der Waals surface area contributed by atoms with E-state index in [0.717, 1.165) is 11.0 Å². The molecule has 0 radical (unpaired) electrons. The maximum absolute atomic E-state index is 13.1. The third kappa shape index (κ3) is 3.80. The Balaban J connectivity index is 3.13. The lowest BCUT2D eigenvalue weighted by Crippen LogP contribution is -2.33. The second kappa shape index (κ2) is 6.51. The van der Waals surface area contributed by atoms with Crippen molar-refractivity contribution in [2.75, 3.05) is 19.7 Å². The lowest BCUT2D eigenvalue weighted by atomic mass is 10.1. The molecule has 1 rings (SSSR count). The van der Waals surface area contributed by atoms with E-state index in [1.165, 1.54) is 6.08 Å². The Morgan fingerprint density at radius 3 is 2.55 bits per heavy atom. The third-order valence-electron chi connectivity index (χ3n) is 2.53. The predicted octanol–water partition coefficient (Wildman–Crippen LogP) is 2.47. The number of carbonyl (C=O) groups excluding carboxylic acids is 1. The molecule has 0 heterocycles. The Morgan fingerprint density at radius 2 is 2.05 bits per heavy atom. The van der Waals surface area contributed by atoms with Crippen LogP contribution in [-0.4, -0.2) is 35.6 Å². The number of amides is 1. The average Bonchev–Trinajstić information content (AvgIpc) is 2.37. The number of halogens is 4. The molecule has 0 unspecified atom stereocenters. The summed E-state index contributed by atoms with van der Waals surface area (Å²) in [5.74, 6) is -2.17. The SMILES string of the molecule is C=CCN(CCO)C(=O)c1ccc(F)c(C(F)(F)F)c1. The molecule has 3 nitrogen and oxygen atoms in total. The molecule has 0 saturated heterocycles. The molecule has 1 aromatic carbocycles. The molecule has 0 atom stereocenters.